The molecule has 2 heterocycles. The number of carbonyl (C=O) groups excluding carboxylic acids is 1. The van der Waals surface area contributed by atoms with E-state index in [4.69, 9.17) is 0 Å². The van der Waals surface area contributed by atoms with Gasteiger partial charge in [-0.05, 0) is 18.6 Å². The third-order valence-corrected chi connectivity index (χ3v) is 3.23. The fourth-order valence-corrected chi connectivity index (χ4v) is 2.27. The number of amides is 1. The fraction of sp³-hybridized carbons (Fsp3) is 0.500. The Hall–Kier alpha value is -1.58. The van der Waals surface area contributed by atoms with Crippen LogP contribution in [0.1, 0.15) is 23.7 Å². The summed E-state index contributed by atoms with van der Waals surface area (Å²) < 4.78 is 1.71. The minimum atomic E-state index is 0.0648. The average molecular weight is 220 g/mol. The third-order valence-electron chi connectivity index (χ3n) is 3.23. The molecule has 0 atom stereocenters. The highest BCUT2D eigenvalue weighted by Crippen LogP contribution is 2.17. The highest BCUT2D eigenvalue weighted by Gasteiger charge is 2.20. The minimum Gasteiger partial charge on any atom is -0.338 e. The zero-order valence-electron chi connectivity index (χ0n) is 9.91. The number of aromatic nitrogens is 1. The first-order valence-corrected chi connectivity index (χ1v) is 5.44. The van der Waals surface area contributed by atoms with Gasteiger partial charge in [0, 0.05) is 44.7 Å². The predicted molar refractivity (Wildman–Crippen MR) is 61.2 cm³/mol. The summed E-state index contributed by atoms with van der Waals surface area (Å²) in [7, 11) is 1.80. The first-order valence-electron chi connectivity index (χ1n) is 5.44. The van der Waals surface area contributed by atoms with E-state index in [2.05, 4.69) is 0 Å². The molecule has 4 nitrogen and oxygen atoms in total. The van der Waals surface area contributed by atoms with Gasteiger partial charge in [-0.25, -0.2) is 0 Å². The number of nitrogens with zero attached hydrogens (tertiary/aromatic N) is 2. The van der Waals surface area contributed by atoms with Crippen molar-refractivity contribution in [2.75, 3.05) is 6.54 Å². The molecule has 1 aromatic heterocycles. The Morgan fingerprint density at radius 2 is 2.12 bits per heavy atom. The van der Waals surface area contributed by atoms with E-state index in [1.54, 1.807) is 18.5 Å². The molecule has 86 valence electrons. The van der Waals surface area contributed by atoms with Crippen molar-refractivity contribution < 1.29 is 4.79 Å². The topological polar surface area (TPSA) is 42.3 Å². The lowest BCUT2D eigenvalue weighted by molar-refractivity contribution is -0.129. The average Bonchev–Trinajstić information content (AvgIpc) is 2.25. The molecule has 1 aromatic rings. The van der Waals surface area contributed by atoms with Gasteiger partial charge in [0.25, 0.3) is 5.56 Å². The lowest BCUT2D eigenvalue weighted by atomic mass is 10.0. The second kappa shape index (κ2) is 3.77. The number of carbonyl (C=O) groups is 1. The molecular weight excluding hydrogens is 204 g/mol. The van der Waals surface area contributed by atoms with E-state index < -0.39 is 0 Å². The predicted octanol–water partition coefficient (Wildman–Crippen LogP) is 0.598. The van der Waals surface area contributed by atoms with Gasteiger partial charge in [0.1, 0.15) is 0 Å². The van der Waals surface area contributed by atoms with Gasteiger partial charge in [0.05, 0.1) is 0 Å². The van der Waals surface area contributed by atoms with Crippen LogP contribution in [0.4, 0.5) is 0 Å². The Morgan fingerprint density at radius 1 is 1.44 bits per heavy atom. The monoisotopic (exact) mass is 220 g/mol. The van der Waals surface area contributed by atoms with Crippen molar-refractivity contribution in [2.45, 2.75) is 26.8 Å². The van der Waals surface area contributed by atoms with Gasteiger partial charge in [-0.3, -0.25) is 9.59 Å². The van der Waals surface area contributed by atoms with Crippen molar-refractivity contribution in [3.05, 3.63) is 33.2 Å². The Bertz CT molecular complexity index is 502. The highest BCUT2D eigenvalue weighted by atomic mass is 16.2. The van der Waals surface area contributed by atoms with Crippen LogP contribution in [-0.4, -0.2) is 21.9 Å². The number of pyridine rings is 1. The lowest BCUT2D eigenvalue weighted by Gasteiger charge is -2.29. The molecule has 0 bridgehead atoms. The fourth-order valence-electron chi connectivity index (χ4n) is 2.27. The van der Waals surface area contributed by atoms with Crippen LogP contribution >= 0.6 is 0 Å². The lowest BCUT2D eigenvalue weighted by Crippen LogP contribution is -2.37. The molecular formula is C12H16N2O2. The summed E-state index contributed by atoms with van der Waals surface area (Å²) in [5.41, 5.74) is 2.97. The van der Waals surface area contributed by atoms with Crippen molar-refractivity contribution >= 4 is 5.91 Å². The van der Waals surface area contributed by atoms with Gasteiger partial charge in [0.15, 0.2) is 0 Å². The van der Waals surface area contributed by atoms with Crippen LogP contribution in [0.5, 0.6) is 0 Å². The van der Waals surface area contributed by atoms with Gasteiger partial charge >= 0.3 is 0 Å². The Morgan fingerprint density at radius 3 is 2.75 bits per heavy atom. The largest absolute Gasteiger partial charge is 0.338 e. The van der Waals surface area contributed by atoms with Crippen molar-refractivity contribution in [2.24, 2.45) is 7.05 Å². The molecule has 0 N–H and O–H groups in total. The van der Waals surface area contributed by atoms with E-state index in [0.717, 1.165) is 23.2 Å². The smallest absolute Gasteiger partial charge is 0.253 e. The van der Waals surface area contributed by atoms with Crippen LogP contribution < -0.4 is 5.56 Å². The second-order valence-electron chi connectivity index (χ2n) is 4.35. The van der Waals surface area contributed by atoms with Crippen LogP contribution in [0.2, 0.25) is 0 Å². The number of fused-ring (bicyclic) bond motifs is 1. The van der Waals surface area contributed by atoms with E-state index in [0.29, 0.717) is 13.1 Å². The summed E-state index contributed by atoms with van der Waals surface area (Å²) in [5.74, 6) is 0.0946. The molecule has 0 aliphatic carbocycles. The molecule has 0 saturated heterocycles. The summed E-state index contributed by atoms with van der Waals surface area (Å²) in [4.78, 5) is 24.9. The number of hydrogen-bond acceptors (Lipinski definition) is 2. The molecule has 0 fully saturated rings. The van der Waals surface area contributed by atoms with Crippen molar-refractivity contribution in [3.63, 3.8) is 0 Å². The summed E-state index contributed by atoms with van der Waals surface area (Å²) >= 11 is 0. The molecule has 1 aliphatic rings. The van der Waals surface area contributed by atoms with Crippen LogP contribution in [0, 0.1) is 6.92 Å². The van der Waals surface area contributed by atoms with Crippen molar-refractivity contribution in [1.29, 1.82) is 0 Å². The maximum atomic E-state index is 11.7. The van der Waals surface area contributed by atoms with Gasteiger partial charge in [-0.1, -0.05) is 0 Å². The Kier molecular flexibility index (Phi) is 2.58. The maximum Gasteiger partial charge on any atom is 0.253 e. The standard InChI is InChI=1S/C12H16N2O2/c1-8-6-10-7-14(9(2)15)5-4-11(10)13(3)12(8)16/h6H,4-5,7H2,1-3H3. The summed E-state index contributed by atoms with van der Waals surface area (Å²) in [5, 5.41) is 0. The van der Waals surface area contributed by atoms with Gasteiger partial charge < -0.3 is 9.47 Å². The first-order chi connectivity index (χ1) is 7.50. The Balaban J connectivity index is 2.48. The van der Waals surface area contributed by atoms with Gasteiger partial charge in [-0.2, -0.15) is 0 Å². The molecule has 1 amide bonds. The zero-order chi connectivity index (χ0) is 11.9. The number of rotatable bonds is 0. The van der Waals surface area contributed by atoms with Gasteiger partial charge in [-0.15, -0.1) is 0 Å². The van der Waals surface area contributed by atoms with Gasteiger partial charge in [0.2, 0.25) is 5.91 Å². The van der Waals surface area contributed by atoms with E-state index in [-0.39, 0.29) is 11.5 Å². The molecule has 2 rings (SSSR count). The summed E-state index contributed by atoms with van der Waals surface area (Å²) in [6, 6.07) is 1.91. The number of aryl methyl sites for hydroxylation is 1. The minimum absolute atomic E-state index is 0.0648. The summed E-state index contributed by atoms with van der Waals surface area (Å²) in [6.45, 7) is 4.73. The van der Waals surface area contributed by atoms with E-state index >= 15 is 0 Å². The van der Waals surface area contributed by atoms with Crippen LogP contribution in [0.15, 0.2) is 10.9 Å². The first kappa shape index (κ1) is 10.9. The van der Waals surface area contributed by atoms with Crippen LogP contribution in [-0.2, 0) is 24.8 Å². The molecule has 0 radical (unpaired) electrons. The molecule has 16 heavy (non-hydrogen) atoms. The Labute approximate surface area is 94.5 Å². The SMILES string of the molecule is CC(=O)N1CCc2c(cc(C)c(=O)n2C)C1. The quantitative estimate of drug-likeness (QED) is 0.642. The normalized spacial score (nSPS) is 14.8. The molecule has 0 aromatic carbocycles. The molecule has 1 aliphatic heterocycles. The summed E-state index contributed by atoms with van der Waals surface area (Å²) in [6.07, 6.45) is 0.765. The molecule has 4 heteroatoms. The highest BCUT2D eigenvalue weighted by molar-refractivity contribution is 5.73. The zero-order valence-corrected chi connectivity index (χ0v) is 9.91. The van der Waals surface area contributed by atoms with Crippen molar-refractivity contribution in [3.8, 4) is 0 Å². The second-order valence-corrected chi connectivity index (χ2v) is 4.35. The van der Waals surface area contributed by atoms with E-state index in [1.807, 2.05) is 17.9 Å². The van der Waals surface area contributed by atoms with Crippen molar-refractivity contribution in [1.82, 2.24) is 9.47 Å². The molecule has 0 unspecified atom stereocenters. The third kappa shape index (κ3) is 1.64. The number of hydrogen-bond donors (Lipinski definition) is 0. The van der Waals surface area contributed by atoms with E-state index in [1.165, 1.54) is 0 Å². The molecule has 0 saturated carbocycles. The van der Waals surface area contributed by atoms with E-state index in [9.17, 15) is 9.59 Å². The molecule has 0 spiro atoms. The maximum absolute atomic E-state index is 11.7. The van der Waals surface area contributed by atoms with Crippen LogP contribution in [0.25, 0.3) is 0 Å². The van der Waals surface area contributed by atoms with Crippen LogP contribution in [0.3, 0.4) is 0 Å².